The van der Waals surface area contributed by atoms with Gasteiger partial charge in [0.15, 0.2) is 5.16 Å². The molecular formula is C11H20N4OS. The predicted octanol–water partition coefficient (Wildman–Crippen LogP) is 0.984. The number of nitrogens with one attached hydrogen (secondary N) is 1. The van der Waals surface area contributed by atoms with Crippen molar-refractivity contribution >= 4 is 11.8 Å². The minimum Gasteiger partial charge on any atom is -0.381 e. The summed E-state index contributed by atoms with van der Waals surface area (Å²) in [6.45, 7) is 4.78. The van der Waals surface area contributed by atoms with Crippen LogP contribution in [0.15, 0.2) is 5.16 Å². The third-order valence-electron chi connectivity index (χ3n) is 3.04. The van der Waals surface area contributed by atoms with Crippen LogP contribution in [0.25, 0.3) is 0 Å². The van der Waals surface area contributed by atoms with Gasteiger partial charge >= 0.3 is 0 Å². The van der Waals surface area contributed by atoms with E-state index >= 15 is 0 Å². The lowest BCUT2D eigenvalue weighted by atomic mass is 10.1. The third-order valence-corrected chi connectivity index (χ3v) is 4.06. The molecule has 0 saturated carbocycles. The van der Waals surface area contributed by atoms with Gasteiger partial charge in [0, 0.05) is 38.6 Å². The molecule has 5 nitrogen and oxygen atoms in total. The van der Waals surface area contributed by atoms with Crippen LogP contribution in [0.2, 0.25) is 0 Å². The molecule has 1 aliphatic heterocycles. The topological polar surface area (TPSA) is 52.0 Å². The van der Waals surface area contributed by atoms with Crippen LogP contribution in [0.4, 0.5) is 0 Å². The first-order chi connectivity index (χ1) is 8.27. The summed E-state index contributed by atoms with van der Waals surface area (Å²) in [6.07, 6.45) is 2.27. The summed E-state index contributed by atoms with van der Waals surface area (Å²) in [7, 11) is 2.00. The zero-order valence-electron chi connectivity index (χ0n) is 10.5. The molecule has 1 aromatic heterocycles. The highest BCUT2D eigenvalue weighted by Crippen LogP contribution is 2.14. The van der Waals surface area contributed by atoms with Crippen LogP contribution in [0.3, 0.4) is 0 Å². The molecule has 1 N–H and O–H groups in total. The summed E-state index contributed by atoms with van der Waals surface area (Å²) in [4.78, 5) is 0. The van der Waals surface area contributed by atoms with E-state index in [1.54, 1.807) is 11.8 Å². The van der Waals surface area contributed by atoms with Crippen molar-refractivity contribution in [2.75, 3.05) is 25.5 Å². The Bertz CT molecular complexity index is 349. The Morgan fingerprint density at radius 1 is 1.41 bits per heavy atom. The van der Waals surface area contributed by atoms with Gasteiger partial charge in [-0.1, -0.05) is 11.8 Å². The minimum absolute atomic E-state index is 0.630. The normalized spacial score (nSPS) is 17.5. The van der Waals surface area contributed by atoms with E-state index in [0.29, 0.717) is 6.04 Å². The largest absolute Gasteiger partial charge is 0.381 e. The molecular weight excluding hydrogens is 236 g/mol. The number of nitrogens with zero attached hydrogens (tertiary/aromatic N) is 3. The van der Waals surface area contributed by atoms with Gasteiger partial charge in [-0.05, 0) is 19.8 Å². The molecule has 2 rings (SSSR count). The predicted molar refractivity (Wildman–Crippen MR) is 68.3 cm³/mol. The van der Waals surface area contributed by atoms with Crippen LogP contribution >= 0.6 is 11.8 Å². The second-order valence-electron chi connectivity index (χ2n) is 4.28. The maximum absolute atomic E-state index is 5.33. The maximum Gasteiger partial charge on any atom is 0.190 e. The monoisotopic (exact) mass is 256 g/mol. The van der Waals surface area contributed by atoms with E-state index in [1.165, 1.54) is 0 Å². The van der Waals surface area contributed by atoms with E-state index < -0.39 is 0 Å². The Hall–Kier alpha value is -0.590. The molecule has 1 saturated heterocycles. The molecule has 0 bridgehead atoms. The van der Waals surface area contributed by atoms with Crippen molar-refractivity contribution in [3.8, 4) is 0 Å². The van der Waals surface area contributed by atoms with E-state index in [2.05, 4.69) is 15.5 Å². The summed E-state index contributed by atoms with van der Waals surface area (Å²) in [5, 5.41) is 12.7. The van der Waals surface area contributed by atoms with Crippen molar-refractivity contribution in [2.45, 2.75) is 31.0 Å². The minimum atomic E-state index is 0.630. The van der Waals surface area contributed by atoms with Crippen LogP contribution in [-0.4, -0.2) is 46.3 Å². The SMILES string of the molecule is Cc1nnc(SCCNC2CCOCC2)n1C. The molecule has 0 spiro atoms. The molecule has 6 heteroatoms. The molecule has 0 amide bonds. The third kappa shape index (κ3) is 3.69. The van der Waals surface area contributed by atoms with Gasteiger partial charge in [-0.2, -0.15) is 0 Å². The summed E-state index contributed by atoms with van der Waals surface area (Å²) in [5.41, 5.74) is 0. The average Bonchev–Trinajstić information content (AvgIpc) is 2.67. The summed E-state index contributed by atoms with van der Waals surface area (Å²) in [6, 6.07) is 0.630. The zero-order chi connectivity index (χ0) is 12.1. The zero-order valence-corrected chi connectivity index (χ0v) is 11.3. The summed E-state index contributed by atoms with van der Waals surface area (Å²) in [5.74, 6) is 1.99. The van der Waals surface area contributed by atoms with E-state index in [1.807, 2.05) is 18.5 Å². The van der Waals surface area contributed by atoms with Crippen molar-refractivity contribution in [3.05, 3.63) is 5.82 Å². The smallest absolute Gasteiger partial charge is 0.190 e. The van der Waals surface area contributed by atoms with E-state index in [0.717, 1.165) is 49.3 Å². The van der Waals surface area contributed by atoms with Crippen LogP contribution in [0.1, 0.15) is 18.7 Å². The molecule has 1 aliphatic rings. The number of hydrogen-bond donors (Lipinski definition) is 1. The van der Waals surface area contributed by atoms with Gasteiger partial charge in [-0.15, -0.1) is 10.2 Å². The van der Waals surface area contributed by atoms with Crippen LogP contribution in [0, 0.1) is 6.92 Å². The van der Waals surface area contributed by atoms with Crippen molar-refractivity contribution < 1.29 is 4.74 Å². The van der Waals surface area contributed by atoms with E-state index in [-0.39, 0.29) is 0 Å². The Labute approximate surface area is 106 Å². The van der Waals surface area contributed by atoms with Crippen LogP contribution < -0.4 is 5.32 Å². The standard InChI is InChI=1S/C11H20N4OS/c1-9-13-14-11(15(9)2)17-8-5-12-10-3-6-16-7-4-10/h10,12H,3-8H2,1-2H3. The fourth-order valence-corrected chi connectivity index (χ4v) is 2.65. The Kier molecular flexibility index (Phi) is 4.82. The van der Waals surface area contributed by atoms with E-state index in [9.17, 15) is 0 Å². The second kappa shape index (κ2) is 6.37. The van der Waals surface area contributed by atoms with Gasteiger partial charge in [0.2, 0.25) is 0 Å². The molecule has 0 aromatic carbocycles. The van der Waals surface area contributed by atoms with Gasteiger partial charge in [-0.3, -0.25) is 0 Å². The number of ether oxygens (including phenoxy) is 1. The van der Waals surface area contributed by atoms with Crippen molar-refractivity contribution in [2.24, 2.45) is 7.05 Å². The number of aryl methyl sites for hydroxylation is 1. The highest BCUT2D eigenvalue weighted by atomic mass is 32.2. The number of hydrogen-bond acceptors (Lipinski definition) is 5. The van der Waals surface area contributed by atoms with Crippen molar-refractivity contribution in [1.82, 2.24) is 20.1 Å². The van der Waals surface area contributed by atoms with E-state index in [4.69, 9.17) is 4.74 Å². The molecule has 17 heavy (non-hydrogen) atoms. The fourth-order valence-electron chi connectivity index (χ4n) is 1.82. The molecule has 0 aliphatic carbocycles. The van der Waals surface area contributed by atoms with Crippen LogP contribution in [0.5, 0.6) is 0 Å². The quantitative estimate of drug-likeness (QED) is 0.629. The van der Waals surface area contributed by atoms with Gasteiger partial charge in [0.25, 0.3) is 0 Å². The Morgan fingerprint density at radius 2 is 2.18 bits per heavy atom. The molecule has 1 aromatic rings. The highest BCUT2D eigenvalue weighted by Gasteiger charge is 2.12. The second-order valence-corrected chi connectivity index (χ2v) is 5.34. The Morgan fingerprint density at radius 3 is 2.82 bits per heavy atom. The molecule has 2 heterocycles. The first kappa shape index (κ1) is 12.9. The van der Waals surface area contributed by atoms with Crippen LogP contribution in [-0.2, 0) is 11.8 Å². The lowest BCUT2D eigenvalue weighted by Crippen LogP contribution is -2.36. The number of rotatable bonds is 5. The van der Waals surface area contributed by atoms with Gasteiger partial charge in [-0.25, -0.2) is 0 Å². The molecule has 96 valence electrons. The summed E-state index contributed by atoms with van der Waals surface area (Å²) < 4.78 is 7.35. The molecule has 0 unspecified atom stereocenters. The van der Waals surface area contributed by atoms with Crippen molar-refractivity contribution in [1.29, 1.82) is 0 Å². The average molecular weight is 256 g/mol. The first-order valence-corrected chi connectivity index (χ1v) is 7.06. The maximum atomic E-state index is 5.33. The molecule has 0 atom stereocenters. The number of thioether (sulfide) groups is 1. The Balaban J connectivity index is 1.64. The van der Waals surface area contributed by atoms with Gasteiger partial charge < -0.3 is 14.6 Å². The van der Waals surface area contributed by atoms with Gasteiger partial charge in [0.1, 0.15) is 5.82 Å². The fraction of sp³-hybridized carbons (Fsp3) is 0.818. The highest BCUT2D eigenvalue weighted by molar-refractivity contribution is 7.99. The lowest BCUT2D eigenvalue weighted by molar-refractivity contribution is 0.0786. The molecule has 1 fully saturated rings. The first-order valence-electron chi connectivity index (χ1n) is 6.07. The lowest BCUT2D eigenvalue weighted by Gasteiger charge is -2.22. The summed E-state index contributed by atoms with van der Waals surface area (Å²) >= 11 is 1.75. The van der Waals surface area contributed by atoms with Gasteiger partial charge in [0.05, 0.1) is 0 Å². The number of aromatic nitrogens is 3. The van der Waals surface area contributed by atoms with Crippen molar-refractivity contribution in [3.63, 3.8) is 0 Å². The molecule has 0 radical (unpaired) electrons.